The molecule has 3 fully saturated rings. The van der Waals surface area contributed by atoms with Gasteiger partial charge in [-0.2, -0.15) is 0 Å². The van der Waals surface area contributed by atoms with E-state index in [-0.39, 0.29) is 36.5 Å². The number of carbonyl (C=O) groups excluding carboxylic acids is 2. The van der Waals surface area contributed by atoms with Crippen LogP contribution in [0.3, 0.4) is 0 Å². The van der Waals surface area contributed by atoms with Gasteiger partial charge in [0.2, 0.25) is 5.91 Å². The first kappa shape index (κ1) is 38.1. The van der Waals surface area contributed by atoms with Crippen LogP contribution in [0.2, 0.25) is 0 Å². The van der Waals surface area contributed by atoms with Crippen LogP contribution in [-0.4, -0.2) is 60.4 Å². The van der Waals surface area contributed by atoms with Gasteiger partial charge in [-0.1, -0.05) is 67.9 Å². The lowest BCUT2D eigenvalue weighted by atomic mass is 9.83. The standard InChI is InChI=1S/C38H41N5O3.C6H13F/c1-24-10-11-31(32(18-24)28-8-6-5-7-9-28)36-40-37(45)38(41-36)13-15-42(27(4)22-38)33-21-29(12-14-39-33)35-25(2)19-30(20-26(35)3)43-16-17-46-23-34(43)44;1-5(2)6(3,4)7/h5-12,14,18-21,27,36,41H,13,15-17,22-23H2,1-4H3,(H,40,45);5H,1-4H3. The van der Waals surface area contributed by atoms with Crippen molar-refractivity contribution >= 4 is 23.3 Å². The number of hydrogen-bond acceptors (Lipinski definition) is 6. The highest BCUT2D eigenvalue weighted by atomic mass is 19.1. The normalized spacial score (nSPS) is 21.8. The molecule has 0 bridgehead atoms. The predicted molar refractivity (Wildman–Crippen MR) is 212 cm³/mol. The summed E-state index contributed by atoms with van der Waals surface area (Å²) in [5, 5.41) is 7.04. The number of halogens is 1. The van der Waals surface area contributed by atoms with Gasteiger partial charge in [-0.3, -0.25) is 14.9 Å². The van der Waals surface area contributed by atoms with Gasteiger partial charge in [0, 0.05) is 31.0 Å². The molecule has 8 nitrogen and oxygen atoms in total. The van der Waals surface area contributed by atoms with Gasteiger partial charge in [0.25, 0.3) is 5.91 Å². The van der Waals surface area contributed by atoms with Crippen LogP contribution in [0.15, 0.2) is 79.0 Å². The van der Waals surface area contributed by atoms with Crippen LogP contribution in [-0.2, 0) is 14.3 Å². The molecule has 0 aliphatic carbocycles. The minimum absolute atomic E-state index is 0.00638. The van der Waals surface area contributed by atoms with Crippen molar-refractivity contribution in [2.24, 2.45) is 5.92 Å². The Balaban J connectivity index is 0.000000626. The van der Waals surface area contributed by atoms with Crippen LogP contribution in [0.1, 0.15) is 75.9 Å². The molecule has 0 saturated carbocycles. The molecular formula is C44H54FN5O3. The molecule has 4 heterocycles. The minimum atomic E-state index is -1.00. The Hall–Kier alpha value is -4.60. The van der Waals surface area contributed by atoms with Crippen LogP contribution in [0, 0.1) is 26.7 Å². The molecule has 3 aliphatic heterocycles. The van der Waals surface area contributed by atoms with Gasteiger partial charge < -0.3 is 19.9 Å². The second-order valence-corrected chi connectivity index (χ2v) is 15.8. The number of rotatable bonds is 6. The lowest BCUT2D eigenvalue weighted by Crippen LogP contribution is -2.58. The van der Waals surface area contributed by atoms with Crippen molar-refractivity contribution in [3.8, 4) is 22.3 Å². The number of carbonyl (C=O) groups is 2. The molecular weight excluding hydrogens is 666 g/mol. The van der Waals surface area contributed by atoms with Gasteiger partial charge in [-0.25, -0.2) is 9.37 Å². The van der Waals surface area contributed by atoms with E-state index < -0.39 is 11.2 Å². The van der Waals surface area contributed by atoms with Crippen molar-refractivity contribution in [3.63, 3.8) is 0 Å². The van der Waals surface area contributed by atoms with Crippen LogP contribution in [0.25, 0.3) is 22.3 Å². The Labute approximate surface area is 314 Å². The topological polar surface area (TPSA) is 86.8 Å². The quantitative estimate of drug-likeness (QED) is 0.209. The van der Waals surface area contributed by atoms with Gasteiger partial charge in [0.05, 0.1) is 6.61 Å². The maximum Gasteiger partial charge on any atom is 0.253 e. The number of hydrogen-bond donors (Lipinski definition) is 2. The smallest absolute Gasteiger partial charge is 0.253 e. The van der Waals surface area contributed by atoms with Gasteiger partial charge in [0.15, 0.2) is 0 Å². The highest BCUT2D eigenvalue weighted by molar-refractivity contribution is 5.95. The molecule has 3 aromatic carbocycles. The van der Waals surface area contributed by atoms with E-state index in [0.29, 0.717) is 32.5 Å². The molecule has 2 amide bonds. The Morgan fingerprint density at radius 3 is 2.28 bits per heavy atom. The van der Waals surface area contributed by atoms with Crippen molar-refractivity contribution < 1.29 is 18.7 Å². The molecule has 280 valence electrons. The van der Waals surface area contributed by atoms with Gasteiger partial charge in [0.1, 0.15) is 29.8 Å². The number of pyridine rings is 1. The molecule has 3 unspecified atom stereocenters. The first-order valence-corrected chi connectivity index (χ1v) is 18.8. The third-order valence-electron chi connectivity index (χ3n) is 11.2. The molecule has 4 aromatic rings. The Morgan fingerprint density at radius 1 is 0.943 bits per heavy atom. The fraction of sp³-hybridized carbons (Fsp3) is 0.432. The van der Waals surface area contributed by atoms with Crippen molar-refractivity contribution in [1.82, 2.24) is 15.6 Å². The monoisotopic (exact) mass is 719 g/mol. The molecule has 3 aliphatic rings. The summed E-state index contributed by atoms with van der Waals surface area (Å²) in [7, 11) is 0. The largest absolute Gasteiger partial charge is 0.370 e. The van der Waals surface area contributed by atoms with E-state index in [1.54, 1.807) is 13.8 Å². The fourth-order valence-corrected chi connectivity index (χ4v) is 7.59. The second-order valence-electron chi connectivity index (χ2n) is 15.8. The molecule has 0 radical (unpaired) electrons. The number of amides is 2. The van der Waals surface area contributed by atoms with E-state index >= 15 is 0 Å². The number of nitrogens with one attached hydrogen (secondary N) is 2. The predicted octanol–water partition coefficient (Wildman–Crippen LogP) is 8.24. The first-order valence-electron chi connectivity index (χ1n) is 18.8. The van der Waals surface area contributed by atoms with E-state index in [0.717, 1.165) is 50.4 Å². The molecule has 3 saturated heterocycles. The van der Waals surface area contributed by atoms with Crippen LogP contribution in [0.4, 0.5) is 15.9 Å². The maximum atomic E-state index is 13.7. The van der Waals surface area contributed by atoms with Crippen LogP contribution in [0.5, 0.6) is 0 Å². The van der Waals surface area contributed by atoms with Crippen molar-refractivity contribution in [2.45, 2.75) is 91.6 Å². The van der Waals surface area contributed by atoms with Crippen LogP contribution < -0.4 is 20.4 Å². The lowest BCUT2D eigenvalue weighted by Gasteiger charge is -2.43. The molecule has 1 aromatic heterocycles. The highest BCUT2D eigenvalue weighted by Gasteiger charge is 2.50. The summed E-state index contributed by atoms with van der Waals surface area (Å²) in [6, 6.07) is 25.3. The zero-order valence-corrected chi connectivity index (χ0v) is 32.4. The summed E-state index contributed by atoms with van der Waals surface area (Å²) in [5.74, 6) is 1.10. The van der Waals surface area contributed by atoms with E-state index in [1.165, 1.54) is 5.56 Å². The van der Waals surface area contributed by atoms with E-state index in [1.807, 2.05) is 31.0 Å². The molecule has 3 atom stereocenters. The molecule has 9 heteroatoms. The zero-order chi connectivity index (χ0) is 38.1. The number of anilines is 2. The van der Waals surface area contributed by atoms with E-state index in [2.05, 4.69) is 110 Å². The molecule has 7 rings (SSSR count). The number of piperidine rings is 1. The third kappa shape index (κ3) is 8.16. The van der Waals surface area contributed by atoms with Gasteiger partial charge >= 0.3 is 0 Å². The third-order valence-corrected chi connectivity index (χ3v) is 11.2. The van der Waals surface area contributed by atoms with E-state index in [9.17, 15) is 14.0 Å². The summed E-state index contributed by atoms with van der Waals surface area (Å²) < 4.78 is 17.8. The number of alkyl halides is 1. The lowest BCUT2D eigenvalue weighted by molar-refractivity contribution is -0.126. The summed E-state index contributed by atoms with van der Waals surface area (Å²) >= 11 is 0. The Bertz CT molecular complexity index is 1940. The number of nitrogens with zero attached hydrogens (tertiary/aromatic N) is 3. The van der Waals surface area contributed by atoms with Crippen LogP contribution >= 0.6 is 0 Å². The number of benzene rings is 3. The van der Waals surface area contributed by atoms with E-state index in [4.69, 9.17) is 9.72 Å². The average Bonchev–Trinajstić information content (AvgIpc) is 3.42. The maximum absolute atomic E-state index is 13.7. The zero-order valence-electron chi connectivity index (χ0n) is 32.4. The second kappa shape index (κ2) is 15.4. The van der Waals surface area contributed by atoms with Crippen molar-refractivity contribution in [2.75, 3.05) is 36.1 Å². The Morgan fingerprint density at radius 2 is 1.64 bits per heavy atom. The number of morpholine rings is 1. The summed E-state index contributed by atoms with van der Waals surface area (Å²) in [4.78, 5) is 35.1. The highest BCUT2D eigenvalue weighted by Crippen LogP contribution is 2.39. The SMILES string of the molecule is CC(C)C(C)(C)F.Cc1ccc(C2NC(=O)C3(CCN(c4cc(-c5c(C)cc(N6CCOCC6=O)cc5C)ccn4)C(C)C3)N2)c(-c2ccccc2)c1. The summed E-state index contributed by atoms with van der Waals surface area (Å²) in [5.41, 5.74) is 8.29. The minimum Gasteiger partial charge on any atom is -0.370 e. The Kier molecular flexibility index (Phi) is 11.1. The van der Waals surface area contributed by atoms with Crippen molar-refractivity contribution in [1.29, 1.82) is 0 Å². The number of ether oxygens (including phenoxy) is 1. The average molecular weight is 720 g/mol. The summed E-state index contributed by atoms with van der Waals surface area (Å²) in [6.07, 6.45) is 2.97. The summed E-state index contributed by atoms with van der Waals surface area (Å²) in [6.45, 7) is 17.4. The number of aromatic nitrogens is 1. The fourth-order valence-electron chi connectivity index (χ4n) is 7.59. The first-order chi connectivity index (χ1) is 25.2. The van der Waals surface area contributed by atoms with Gasteiger partial charge in [-0.15, -0.1) is 0 Å². The van der Waals surface area contributed by atoms with Crippen molar-refractivity contribution in [3.05, 3.63) is 101 Å². The molecule has 1 spiro atoms. The van der Waals surface area contributed by atoms with Gasteiger partial charge in [-0.05, 0) is 124 Å². The molecule has 2 N–H and O–H groups in total. The number of aryl methyl sites for hydroxylation is 3. The molecule has 53 heavy (non-hydrogen) atoms.